The highest BCUT2D eigenvalue weighted by atomic mass is 19.4. The predicted octanol–water partition coefficient (Wildman–Crippen LogP) is 0.311. The summed E-state index contributed by atoms with van der Waals surface area (Å²) in [5.41, 5.74) is -3.17. The third-order valence-electron chi connectivity index (χ3n) is 2.24. The third kappa shape index (κ3) is 1.45. The summed E-state index contributed by atoms with van der Waals surface area (Å²) in [6.45, 7) is 1.04. The lowest BCUT2D eigenvalue weighted by atomic mass is 9.81. The maximum absolute atomic E-state index is 12.6. The Labute approximate surface area is 82.0 Å². The van der Waals surface area contributed by atoms with Crippen LogP contribution >= 0.6 is 0 Å². The van der Waals surface area contributed by atoms with Gasteiger partial charge in [-0.3, -0.25) is 20.2 Å². The summed E-state index contributed by atoms with van der Waals surface area (Å²) in [5.74, 6) is -3.27. The molecule has 0 aromatic heterocycles. The van der Waals surface area contributed by atoms with Crippen molar-refractivity contribution < 1.29 is 27.6 Å². The van der Waals surface area contributed by atoms with Crippen LogP contribution in [0, 0.1) is 5.41 Å². The van der Waals surface area contributed by atoms with E-state index in [0.29, 0.717) is 0 Å². The van der Waals surface area contributed by atoms with Crippen molar-refractivity contribution >= 4 is 17.8 Å². The smallest absolute Gasteiger partial charge is 0.277 e. The molecule has 15 heavy (non-hydrogen) atoms. The van der Waals surface area contributed by atoms with Gasteiger partial charge in [0.25, 0.3) is 11.8 Å². The van der Waals surface area contributed by atoms with Crippen LogP contribution in [0.4, 0.5) is 18.0 Å². The molecule has 0 atom stereocenters. The van der Waals surface area contributed by atoms with Crippen LogP contribution in [0.5, 0.6) is 0 Å². The van der Waals surface area contributed by atoms with Gasteiger partial charge in [-0.25, -0.2) is 4.79 Å². The number of hydrogen-bond acceptors (Lipinski definition) is 3. The minimum absolute atomic E-state index is 0.762. The Balaban J connectivity index is 3.24. The van der Waals surface area contributed by atoms with Crippen molar-refractivity contribution in [1.82, 2.24) is 10.6 Å². The molecule has 0 spiro atoms. The highest BCUT2D eigenvalue weighted by Crippen LogP contribution is 2.42. The van der Waals surface area contributed by atoms with E-state index in [9.17, 15) is 27.6 Å². The molecule has 0 aliphatic carbocycles. The van der Waals surface area contributed by atoms with Gasteiger partial charge in [0.15, 0.2) is 0 Å². The number of urea groups is 1. The Bertz CT molecular complexity index is 317. The summed E-state index contributed by atoms with van der Waals surface area (Å²) in [6, 6.07) is -1.24. The van der Waals surface area contributed by atoms with E-state index >= 15 is 0 Å². The van der Waals surface area contributed by atoms with E-state index in [1.807, 2.05) is 0 Å². The van der Waals surface area contributed by atoms with E-state index in [0.717, 1.165) is 6.92 Å². The van der Waals surface area contributed by atoms with Gasteiger partial charge in [-0.15, -0.1) is 0 Å². The molecule has 0 aromatic rings. The number of carbonyl (C=O) groups excluding carboxylic acids is 3. The third-order valence-corrected chi connectivity index (χ3v) is 2.24. The largest absolute Gasteiger partial charge is 0.412 e. The monoisotopic (exact) mass is 224 g/mol. The van der Waals surface area contributed by atoms with Gasteiger partial charge < -0.3 is 0 Å². The average Bonchev–Trinajstić information content (AvgIpc) is 2.00. The Kier molecular flexibility index (Phi) is 2.46. The first-order chi connectivity index (χ1) is 6.75. The number of halogens is 3. The van der Waals surface area contributed by atoms with Crippen LogP contribution in [0.1, 0.15) is 13.3 Å². The zero-order valence-electron chi connectivity index (χ0n) is 7.57. The lowest BCUT2D eigenvalue weighted by molar-refractivity contribution is -0.221. The second-order valence-corrected chi connectivity index (χ2v) is 2.99. The van der Waals surface area contributed by atoms with Crippen LogP contribution in [0.25, 0.3) is 0 Å². The van der Waals surface area contributed by atoms with Gasteiger partial charge >= 0.3 is 12.2 Å². The number of rotatable bonds is 1. The van der Waals surface area contributed by atoms with Crippen molar-refractivity contribution in [2.45, 2.75) is 19.5 Å². The van der Waals surface area contributed by atoms with Crippen LogP contribution in [0.2, 0.25) is 0 Å². The fourth-order valence-electron chi connectivity index (χ4n) is 1.33. The van der Waals surface area contributed by atoms with Crippen LogP contribution in [-0.4, -0.2) is 24.0 Å². The first-order valence-corrected chi connectivity index (χ1v) is 3.99. The molecule has 5 nitrogen and oxygen atoms in total. The van der Waals surface area contributed by atoms with E-state index in [4.69, 9.17) is 0 Å². The molecule has 1 rings (SSSR count). The van der Waals surface area contributed by atoms with Crippen molar-refractivity contribution in [3.05, 3.63) is 0 Å². The van der Waals surface area contributed by atoms with Crippen LogP contribution in [0.3, 0.4) is 0 Å². The summed E-state index contributed by atoms with van der Waals surface area (Å²) < 4.78 is 37.8. The molecule has 1 saturated heterocycles. The van der Waals surface area contributed by atoms with Crippen molar-refractivity contribution in [3.8, 4) is 0 Å². The molecule has 84 valence electrons. The van der Waals surface area contributed by atoms with E-state index in [2.05, 4.69) is 0 Å². The highest BCUT2D eigenvalue weighted by Gasteiger charge is 2.66. The maximum atomic E-state index is 12.6. The second-order valence-electron chi connectivity index (χ2n) is 2.99. The molecular weight excluding hydrogens is 217 g/mol. The Hall–Kier alpha value is -1.60. The van der Waals surface area contributed by atoms with E-state index in [1.54, 1.807) is 0 Å². The fourth-order valence-corrected chi connectivity index (χ4v) is 1.33. The van der Waals surface area contributed by atoms with E-state index in [1.165, 1.54) is 10.6 Å². The minimum atomic E-state index is -5.03. The van der Waals surface area contributed by atoms with Crippen LogP contribution in [-0.2, 0) is 9.59 Å². The zero-order valence-corrected chi connectivity index (χ0v) is 7.57. The molecule has 2 N–H and O–H groups in total. The molecule has 1 heterocycles. The summed E-state index contributed by atoms with van der Waals surface area (Å²) in [7, 11) is 0. The highest BCUT2D eigenvalue weighted by molar-refractivity contribution is 6.19. The van der Waals surface area contributed by atoms with Gasteiger partial charge in [0.05, 0.1) is 0 Å². The number of nitrogens with one attached hydrogen (secondary N) is 2. The number of carbonyl (C=O) groups is 3. The van der Waals surface area contributed by atoms with Crippen LogP contribution < -0.4 is 10.6 Å². The maximum Gasteiger partial charge on any atom is 0.412 e. The summed E-state index contributed by atoms with van der Waals surface area (Å²) >= 11 is 0. The Morgan fingerprint density at radius 3 is 1.80 bits per heavy atom. The molecule has 0 bridgehead atoms. The van der Waals surface area contributed by atoms with Crippen molar-refractivity contribution in [3.63, 3.8) is 0 Å². The Morgan fingerprint density at radius 2 is 1.53 bits per heavy atom. The summed E-state index contributed by atoms with van der Waals surface area (Å²) in [5, 5.41) is 2.86. The fraction of sp³-hybridized carbons (Fsp3) is 0.571. The van der Waals surface area contributed by atoms with E-state index in [-0.39, 0.29) is 0 Å². The lowest BCUT2D eigenvalue weighted by Gasteiger charge is -2.34. The Morgan fingerprint density at radius 1 is 1.13 bits per heavy atom. The molecule has 0 saturated carbocycles. The average molecular weight is 224 g/mol. The number of barbiturate groups is 1. The van der Waals surface area contributed by atoms with Crippen molar-refractivity contribution in [2.75, 3.05) is 0 Å². The summed E-state index contributed by atoms with van der Waals surface area (Å²) in [6.07, 6.45) is -5.79. The molecule has 8 heteroatoms. The number of alkyl halides is 3. The number of hydrogen-bond donors (Lipinski definition) is 2. The lowest BCUT2D eigenvalue weighted by Crippen LogP contribution is -2.67. The first-order valence-electron chi connectivity index (χ1n) is 3.99. The van der Waals surface area contributed by atoms with Gasteiger partial charge in [0, 0.05) is 0 Å². The first kappa shape index (κ1) is 11.5. The molecule has 0 aromatic carbocycles. The number of imide groups is 2. The predicted molar refractivity (Wildman–Crippen MR) is 40.5 cm³/mol. The normalized spacial score (nSPS) is 20.9. The van der Waals surface area contributed by atoms with Gasteiger partial charge in [-0.1, -0.05) is 6.92 Å². The quantitative estimate of drug-likeness (QED) is 0.629. The summed E-state index contributed by atoms with van der Waals surface area (Å²) in [4.78, 5) is 32.8. The molecule has 1 fully saturated rings. The van der Waals surface area contributed by atoms with Crippen molar-refractivity contribution in [2.24, 2.45) is 5.41 Å². The van der Waals surface area contributed by atoms with Gasteiger partial charge in [0.2, 0.25) is 5.41 Å². The topological polar surface area (TPSA) is 75.3 Å². The molecular formula is C7H7F3N2O3. The second kappa shape index (κ2) is 3.21. The van der Waals surface area contributed by atoms with Gasteiger partial charge in [0.1, 0.15) is 0 Å². The van der Waals surface area contributed by atoms with Gasteiger partial charge in [-0.05, 0) is 6.42 Å². The SMILES string of the molecule is CCC1(C(F)(F)F)C(=O)NC(=O)NC1=O. The molecule has 4 amide bonds. The molecule has 0 unspecified atom stereocenters. The molecule has 1 aliphatic rings. The molecule has 1 aliphatic heterocycles. The van der Waals surface area contributed by atoms with Crippen LogP contribution in [0.15, 0.2) is 0 Å². The molecule has 0 radical (unpaired) electrons. The number of amides is 4. The van der Waals surface area contributed by atoms with Crippen molar-refractivity contribution in [1.29, 1.82) is 0 Å². The minimum Gasteiger partial charge on any atom is -0.277 e. The zero-order chi connectivity index (χ0) is 11.9. The standard InChI is InChI=1S/C7H7F3N2O3/c1-2-6(7(8,9)10)3(13)11-5(15)12-4(6)14/h2H2,1H3,(H2,11,12,13,14,15). The van der Waals surface area contributed by atoms with Gasteiger partial charge in [-0.2, -0.15) is 13.2 Å². The van der Waals surface area contributed by atoms with E-state index < -0.39 is 35.9 Å².